The minimum Gasteiger partial charge on any atom is -0.377 e. The molecule has 0 spiro atoms. The predicted octanol–water partition coefficient (Wildman–Crippen LogP) is 3.90. The van der Waals surface area contributed by atoms with E-state index in [0.717, 1.165) is 24.6 Å². The molecule has 0 aliphatic carbocycles. The third kappa shape index (κ3) is 11.7. The number of morpholine rings is 2. The van der Waals surface area contributed by atoms with E-state index in [1.54, 1.807) is 56.0 Å². The lowest BCUT2D eigenvalue weighted by Crippen LogP contribution is -2.44. The van der Waals surface area contributed by atoms with Crippen molar-refractivity contribution in [2.45, 2.75) is 32.9 Å². The van der Waals surface area contributed by atoms with Gasteiger partial charge in [0, 0.05) is 95.7 Å². The van der Waals surface area contributed by atoms with Gasteiger partial charge in [-0.05, 0) is 32.4 Å². The van der Waals surface area contributed by atoms with Crippen molar-refractivity contribution in [1.82, 2.24) is 39.0 Å². The van der Waals surface area contributed by atoms with Gasteiger partial charge in [0.05, 0.1) is 57.4 Å². The van der Waals surface area contributed by atoms with Crippen molar-refractivity contribution in [1.29, 1.82) is 0 Å². The minimum absolute atomic E-state index is 0.110. The van der Waals surface area contributed by atoms with Crippen LogP contribution in [0.5, 0.6) is 0 Å². The fraction of sp³-hybridized carbons (Fsp3) is 0.548. The molecule has 2 aliphatic heterocycles. The van der Waals surface area contributed by atoms with Crippen LogP contribution in [0.4, 0.5) is 23.3 Å². The first kappa shape index (κ1) is 39.1. The summed E-state index contributed by atoms with van der Waals surface area (Å²) in [6, 6.07) is 3.91. The number of aromatic nitrogens is 8. The van der Waals surface area contributed by atoms with Crippen LogP contribution in [-0.4, -0.2) is 124 Å². The summed E-state index contributed by atoms with van der Waals surface area (Å²) in [6.07, 6.45) is 13.3. The Morgan fingerprint density at radius 2 is 1.26 bits per heavy atom. The summed E-state index contributed by atoms with van der Waals surface area (Å²) >= 11 is 5.91. The lowest BCUT2D eigenvalue weighted by Gasteiger charge is -2.34. The molecule has 0 unspecified atom stereocenters. The SMILES string of the molecule is C[C@@H]1COCCN1c1cc(N=S(C)(C)=O)nc(-c2cncn2C)n1.C[C@@H]1COCCN1c1cc(N=S(C)(C)=O)nc(Cl)n1.Cc1cncn1C. The molecule has 4 aromatic rings. The van der Waals surface area contributed by atoms with E-state index in [-0.39, 0.29) is 17.4 Å². The summed E-state index contributed by atoms with van der Waals surface area (Å²) in [5.41, 5.74) is 1.98. The van der Waals surface area contributed by atoms with Crippen LogP contribution in [0.1, 0.15) is 19.5 Å². The zero-order valence-corrected chi connectivity index (χ0v) is 32.4. The fourth-order valence-corrected chi connectivity index (χ4v) is 6.16. The molecule has 0 amide bonds. The molecule has 6 rings (SSSR count). The molecule has 0 saturated carbocycles. The van der Waals surface area contributed by atoms with Crippen LogP contribution in [-0.2, 0) is 43.0 Å². The highest BCUT2D eigenvalue weighted by Gasteiger charge is 2.23. The second-order valence-corrected chi connectivity index (χ2v) is 18.0. The molecule has 0 bridgehead atoms. The smallest absolute Gasteiger partial charge is 0.226 e. The average Bonchev–Trinajstić information content (AvgIpc) is 3.62. The highest BCUT2D eigenvalue weighted by molar-refractivity contribution is 7.92. The Labute approximate surface area is 300 Å². The van der Waals surface area contributed by atoms with Gasteiger partial charge in [0.1, 0.15) is 17.3 Å². The van der Waals surface area contributed by atoms with E-state index in [4.69, 9.17) is 21.1 Å². The maximum atomic E-state index is 12.1. The number of imidazole rings is 2. The maximum Gasteiger partial charge on any atom is 0.226 e. The van der Waals surface area contributed by atoms with Gasteiger partial charge in [-0.15, -0.1) is 0 Å². The van der Waals surface area contributed by atoms with E-state index in [0.29, 0.717) is 49.7 Å². The van der Waals surface area contributed by atoms with E-state index in [9.17, 15) is 8.42 Å². The van der Waals surface area contributed by atoms with Gasteiger partial charge in [0.25, 0.3) is 0 Å². The number of hydrogen-bond donors (Lipinski definition) is 0. The quantitative estimate of drug-likeness (QED) is 0.270. The molecule has 274 valence electrons. The summed E-state index contributed by atoms with van der Waals surface area (Å²) in [5.74, 6) is 2.75. The first-order valence-electron chi connectivity index (χ1n) is 15.9. The van der Waals surface area contributed by atoms with Crippen LogP contribution in [0, 0.1) is 6.92 Å². The Morgan fingerprint density at radius 1 is 0.760 bits per heavy atom. The number of aryl methyl sites for hydroxylation is 3. The Hall–Kier alpha value is -3.71. The number of halogens is 1. The van der Waals surface area contributed by atoms with Gasteiger partial charge in [0.2, 0.25) is 5.28 Å². The third-order valence-corrected chi connectivity index (χ3v) is 8.85. The van der Waals surface area contributed by atoms with E-state index < -0.39 is 19.5 Å². The molecule has 2 atom stereocenters. The minimum atomic E-state index is -2.31. The van der Waals surface area contributed by atoms with E-state index >= 15 is 0 Å². The van der Waals surface area contributed by atoms with Gasteiger partial charge in [-0.25, -0.2) is 33.3 Å². The van der Waals surface area contributed by atoms with Crippen LogP contribution in [0.25, 0.3) is 11.5 Å². The second kappa shape index (κ2) is 17.0. The standard InChI is InChI=1S/C15H22N6O2S.C11H17ClN4O2S.C5H8N2/c1-11-9-23-6-5-21(11)14-7-13(19-24(3,4)22)17-15(18-14)12-8-16-10-20(12)2;1-8-7-18-5-4-16(8)10-6-9(13-11(12)14-10)15-19(2,3)17;1-5-3-6-4-7(5)2/h7-8,10-11H,5-6,9H2,1-4H3;6,8H,4-5,7H2,1-3H3;3-4H,1-2H3/t11-;8-;/m11./s1. The molecular weight excluding hydrogens is 704 g/mol. The third-order valence-electron chi connectivity index (χ3n) is 7.42. The average molecular weight is 751 g/mol. The Balaban J connectivity index is 0.000000192. The lowest BCUT2D eigenvalue weighted by atomic mass is 10.2. The van der Waals surface area contributed by atoms with Crippen LogP contribution in [0.2, 0.25) is 5.28 Å². The van der Waals surface area contributed by atoms with E-state index in [1.165, 1.54) is 5.69 Å². The van der Waals surface area contributed by atoms with E-state index in [2.05, 4.69) is 62.3 Å². The van der Waals surface area contributed by atoms with Gasteiger partial charge >= 0.3 is 0 Å². The summed E-state index contributed by atoms with van der Waals surface area (Å²) in [5, 5.41) is 0.110. The lowest BCUT2D eigenvalue weighted by molar-refractivity contribution is 0.0985. The monoisotopic (exact) mass is 750 g/mol. The Kier molecular flexibility index (Phi) is 13.3. The first-order valence-corrected chi connectivity index (χ1v) is 20.9. The predicted molar refractivity (Wildman–Crippen MR) is 199 cm³/mol. The summed E-state index contributed by atoms with van der Waals surface area (Å²) in [4.78, 5) is 29.6. The van der Waals surface area contributed by atoms with Crippen LogP contribution >= 0.6 is 11.6 Å². The fourth-order valence-electron chi connectivity index (χ4n) is 4.90. The molecule has 50 heavy (non-hydrogen) atoms. The van der Waals surface area contributed by atoms with Crippen molar-refractivity contribution >= 4 is 54.3 Å². The second-order valence-electron chi connectivity index (χ2n) is 12.6. The van der Waals surface area contributed by atoms with Crippen molar-refractivity contribution < 1.29 is 17.9 Å². The molecule has 2 aliphatic rings. The number of rotatable bonds is 5. The highest BCUT2D eigenvalue weighted by atomic mass is 35.5. The molecule has 2 fully saturated rings. The number of hydrogen-bond acceptors (Lipinski definition) is 14. The Bertz CT molecular complexity index is 1970. The highest BCUT2D eigenvalue weighted by Crippen LogP contribution is 2.27. The first-order chi connectivity index (χ1) is 23.5. The van der Waals surface area contributed by atoms with Gasteiger partial charge in [-0.2, -0.15) is 13.7 Å². The van der Waals surface area contributed by atoms with Crippen molar-refractivity contribution in [2.75, 3.05) is 74.3 Å². The zero-order valence-electron chi connectivity index (χ0n) is 30.1. The van der Waals surface area contributed by atoms with E-state index in [1.807, 2.05) is 36.4 Å². The largest absolute Gasteiger partial charge is 0.377 e. The summed E-state index contributed by atoms with van der Waals surface area (Å²) < 4.78 is 46.8. The van der Waals surface area contributed by atoms with Gasteiger partial charge in [-0.1, -0.05) is 0 Å². The molecule has 6 heterocycles. The molecule has 0 N–H and O–H groups in total. The molecule has 4 aromatic heterocycles. The van der Waals surface area contributed by atoms with Crippen molar-refractivity contribution in [3.05, 3.63) is 48.2 Å². The summed E-state index contributed by atoms with van der Waals surface area (Å²) in [6.45, 7) is 10.2. The van der Waals surface area contributed by atoms with Crippen LogP contribution in [0.3, 0.4) is 0 Å². The van der Waals surface area contributed by atoms with Crippen LogP contribution < -0.4 is 9.80 Å². The number of ether oxygens (including phenoxy) is 2. The molecule has 0 aromatic carbocycles. The molecule has 16 nitrogen and oxygen atoms in total. The topological polar surface area (TPSA) is 171 Å². The number of nitrogens with zero attached hydrogens (tertiary/aromatic N) is 12. The molecule has 2 saturated heterocycles. The normalized spacial score (nSPS) is 18.0. The summed E-state index contributed by atoms with van der Waals surface area (Å²) in [7, 11) is -0.728. The van der Waals surface area contributed by atoms with Crippen molar-refractivity contribution in [3.8, 4) is 11.5 Å². The van der Waals surface area contributed by atoms with Gasteiger partial charge in [-0.3, -0.25) is 0 Å². The van der Waals surface area contributed by atoms with Gasteiger partial charge < -0.3 is 28.4 Å². The van der Waals surface area contributed by atoms with Crippen molar-refractivity contribution in [3.63, 3.8) is 0 Å². The van der Waals surface area contributed by atoms with Gasteiger partial charge in [0.15, 0.2) is 17.5 Å². The van der Waals surface area contributed by atoms with Crippen molar-refractivity contribution in [2.24, 2.45) is 22.8 Å². The Morgan fingerprint density at radius 3 is 1.68 bits per heavy atom. The maximum absolute atomic E-state index is 12.1. The molecule has 0 radical (unpaired) electrons. The zero-order chi connectivity index (χ0) is 36.6. The number of anilines is 2. The molecular formula is C31H47ClN12O4S2. The van der Waals surface area contributed by atoms with Crippen LogP contribution in [0.15, 0.2) is 45.9 Å². The molecule has 19 heteroatoms.